The number of ether oxygens (including phenoxy) is 2. The summed E-state index contributed by atoms with van der Waals surface area (Å²) in [6.07, 6.45) is 1.51. The molecule has 0 aromatic carbocycles. The quantitative estimate of drug-likeness (QED) is 0.757. The Kier molecular flexibility index (Phi) is 5.38. The molecular weight excluding hydrogens is 270 g/mol. The molecule has 0 spiro atoms. The lowest BCUT2D eigenvalue weighted by Crippen LogP contribution is -2.51. The van der Waals surface area contributed by atoms with Crippen molar-refractivity contribution in [2.24, 2.45) is 0 Å². The molecule has 0 radical (unpaired) electrons. The van der Waals surface area contributed by atoms with Gasteiger partial charge in [0.1, 0.15) is 12.6 Å². The van der Waals surface area contributed by atoms with Crippen molar-refractivity contribution in [2.75, 3.05) is 32.9 Å². The van der Waals surface area contributed by atoms with E-state index in [0.717, 1.165) is 0 Å². The molecule has 1 aromatic rings. The number of nitrogens with zero attached hydrogens (tertiary/aromatic N) is 1. The first-order valence-corrected chi connectivity index (χ1v) is 6.47. The first-order chi connectivity index (χ1) is 9.25. The van der Waals surface area contributed by atoms with Crippen molar-refractivity contribution in [2.45, 2.75) is 6.04 Å². The summed E-state index contributed by atoms with van der Waals surface area (Å²) in [6, 6.07) is 3.11. The largest absolute Gasteiger partial charge is 0.476 e. The maximum Gasteiger partial charge on any atom is 0.239 e. The van der Waals surface area contributed by atoms with Crippen LogP contribution in [-0.4, -0.2) is 49.8 Å². The molecule has 1 atom stereocenters. The number of halogens is 1. The number of morpholine rings is 1. The third-order valence-corrected chi connectivity index (χ3v) is 2.81. The van der Waals surface area contributed by atoms with Crippen LogP contribution in [0, 0.1) is 0 Å². The number of nitrogens with one attached hydrogen (secondary N) is 2. The Morgan fingerprint density at radius 1 is 1.63 bits per heavy atom. The molecule has 2 heterocycles. The summed E-state index contributed by atoms with van der Waals surface area (Å²) in [5.41, 5.74) is 0. The highest BCUT2D eigenvalue weighted by atomic mass is 35.5. The first kappa shape index (κ1) is 14.0. The second kappa shape index (κ2) is 7.28. The molecule has 1 aliphatic rings. The highest BCUT2D eigenvalue weighted by Gasteiger charge is 2.20. The van der Waals surface area contributed by atoms with Crippen molar-refractivity contribution in [3.05, 3.63) is 23.4 Å². The number of pyridine rings is 1. The summed E-state index contributed by atoms with van der Waals surface area (Å²) in [5.74, 6) is 0.408. The van der Waals surface area contributed by atoms with Gasteiger partial charge in [-0.25, -0.2) is 4.98 Å². The molecule has 1 fully saturated rings. The van der Waals surface area contributed by atoms with Gasteiger partial charge in [-0.15, -0.1) is 0 Å². The summed E-state index contributed by atoms with van der Waals surface area (Å²) >= 11 is 5.71. The van der Waals surface area contributed by atoms with E-state index >= 15 is 0 Å². The lowest BCUT2D eigenvalue weighted by molar-refractivity contribution is -0.126. The van der Waals surface area contributed by atoms with E-state index in [2.05, 4.69) is 15.6 Å². The minimum atomic E-state index is -0.276. The Bertz CT molecular complexity index is 407. The topological polar surface area (TPSA) is 72.5 Å². The van der Waals surface area contributed by atoms with Gasteiger partial charge in [0.2, 0.25) is 11.8 Å². The smallest absolute Gasteiger partial charge is 0.239 e. The van der Waals surface area contributed by atoms with Crippen LogP contribution in [0.5, 0.6) is 5.88 Å². The number of hydrogen-bond donors (Lipinski definition) is 2. The van der Waals surface area contributed by atoms with E-state index in [1.165, 1.54) is 6.20 Å². The minimum Gasteiger partial charge on any atom is -0.476 e. The maximum atomic E-state index is 11.7. The average molecular weight is 286 g/mol. The fraction of sp³-hybridized carbons (Fsp3) is 0.500. The van der Waals surface area contributed by atoms with Crippen molar-refractivity contribution in [1.82, 2.24) is 15.6 Å². The Balaban J connectivity index is 1.63. The van der Waals surface area contributed by atoms with Crippen LogP contribution in [0.15, 0.2) is 18.3 Å². The number of aromatic nitrogens is 1. The van der Waals surface area contributed by atoms with E-state index in [9.17, 15) is 4.79 Å². The summed E-state index contributed by atoms with van der Waals surface area (Å²) < 4.78 is 10.6. The predicted octanol–water partition coefficient (Wildman–Crippen LogP) is 0.218. The van der Waals surface area contributed by atoms with Crippen LogP contribution in [0.2, 0.25) is 5.02 Å². The van der Waals surface area contributed by atoms with Crippen LogP contribution in [0.25, 0.3) is 0 Å². The van der Waals surface area contributed by atoms with Crippen molar-refractivity contribution in [1.29, 1.82) is 0 Å². The van der Waals surface area contributed by atoms with Crippen molar-refractivity contribution >= 4 is 17.5 Å². The van der Waals surface area contributed by atoms with Crippen LogP contribution in [0.4, 0.5) is 0 Å². The molecule has 0 saturated carbocycles. The zero-order valence-corrected chi connectivity index (χ0v) is 11.2. The Hall–Kier alpha value is -1.37. The van der Waals surface area contributed by atoms with Crippen LogP contribution in [-0.2, 0) is 9.53 Å². The third-order valence-electron chi connectivity index (χ3n) is 2.59. The molecule has 2 N–H and O–H groups in total. The Labute approximate surface area is 116 Å². The molecule has 1 amide bonds. The molecule has 2 rings (SSSR count). The van der Waals surface area contributed by atoms with E-state index in [-0.39, 0.29) is 11.9 Å². The third kappa shape index (κ3) is 4.66. The van der Waals surface area contributed by atoms with Gasteiger partial charge in [0.25, 0.3) is 0 Å². The normalized spacial score (nSPS) is 18.9. The zero-order valence-electron chi connectivity index (χ0n) is 10.4. The van der Waals surface area contributed by atoms with Gasteiger partial charge >= 0.3 is 0 Å². The van der Waals surface area contributed by atoms with Crippen LogP contribution < -0.4 is 15.4 Å². The fourth-order valence-corrected chi connectivity index (χ4v) is 1.75. The predicted molar refractivity (Wildman–Crippen MR) is 70.4 cm³/mol. The van der Waals surface area contributed by atoms with Crippen molar-refractivity contribution in [3.63, 3.8) is 0 Å². The van der Waals surface area contributed by atoms with E-state index in [4.69, 9.17) is 21.1 Å². The standard InChI is InChI=1S/C12H16ClN3O3/c13-9-1-2-11(16-7-9)19-6-4-15-12(17)10-8-18-5-3-14-10/h1-2,7,10,14H,3-6,8H2,(H,15,17). The van der Waals surface area contributed by atoms with Gasteiger partial charge in [-0.3, -0.25) is 4.79 Å². The minimum absolute atomic E-state index is 0.0765. The fourth-order valence-electron chi connectivity index (χ4n) is 1.63. The molecular formula is C12H16ClN3O3. The number of hydrogen-bond acceptors (Lipinski definition) is 5. The zero-order chi connectivity index (χ0) is 13.5. The van der Waals surface area contributed by atoms with E-state index in [1.807, 2.05) is 0 Å². The summed E-state index contributed by atoms with van der Waals surface area (Å²) in [5, 5.41) is 6.41. The van der Waals surface area contributed by atoms with Crippen LogP contribution in [0.1, 0.15) is 0 Å². The highest BCUT2D eigenvalue weighted by molar-refractivity contribution is 6.30. The van der Waals surface area contributed by atoms with E-state index in [1.54, 1.807) is 12.1 Å². The number of rotatable bonds is 5. The maximum absolute atomic E-state index is 11.7. The Morgan fingerprint density at radius 2 is 2.53 bits per heavy atom. The van der Waals surface area contributed by atoms with Crippen LogP contribution >= 0.6 is 11.6 Å². The summed E-state index contributed by atoms with van der Waals surface area (Å²) in [6.45, 7) is 2.53. The number of amides is 1. The molecule has 1 aliphatic heterocycles. The molecule has 6 nitrogen and oxygen atoms in total. The second-order valence-electron chi connectivity index (χ2n) is 4.04. The number of carbonyl (C=O) groups is 1. The van der Waals surface area contributed by atoms with Gasteiger partial charge < -0.3 is 20.1 Å². The van der Waals surface area contributed by atoms with Gasteiger partial charge in [0.15, 0.2) is 0 Å². The SMILES string of the molecule is O=C(NCCOc1ccc(Cl)cn1)C1COCCN1. The van der Waals surface area contributed by atoms with Gasteiger partial charge in [-0.05, 0) is 6.07 Å². The van der Waals surface area contributed by atoms with Crippen LogP contribution in [0.3, 0.4) is 0 Å². The van der Waals surface area contributed by atoms with Gasteiger partial charge in [-0.2, -0.15) is 0 Å². The van der Waals surface area contributed by atoms with Gasteiger partial charge in [0, 0.05) is 18.8 Å². The highest BCUT2D eigenvalue weighted by Crippen LogP contribution is 2.10. The monoisotopic (exact) mass is 285 g/mol. The van der Waals surface area contributed by atoms with Gasteiger partial charge in [0.05, 0.1) is 24.8 Å². The first-order valence-electron chi connectivity index (χ1n) is 6.09. The molecule has 1 aromatic heterocycles. The summed E-state index contributed by atoms with van der Waals surface area (Å²) in [7, 11) is 0. The molecule has 1 saturated heterocycles. The van der Waals surface area contributed by atoms with Gasteiger partial charge in [-0.1, -0.05) is 11.6 Å². The van der Waals surface area contributed by atoms with Crippen molar-refractivity contribution in [3.8, 4) is 5.88 Å². The van der Waals surface area contributed by atoms with Crippen molar-refractivity contribution < 1.29 is 14.3 Å². The average Bonchev–Trinajstić information content (AvgIpc) is 2.46. The lowest BCUT2D eigenvalue weighted by atomic mass is 10.2. The molecule has 0 bridgehead atoms. The Morgan fingerprint density at radius 3 is 3.21 bits per heavy atom. The second-order valence-corrected chi connectivity index (χ2v) is 4.47. The molecule has 7 heteroatoms. The van der Waals surface area contributed by atoms with E-state index < -0.39 is 0 Å². The molecule has 19 heavy (non-hydrogen) atoms. The van der Waals surface area contributed by atoms with E-state index in [0.29, 0.717) is 43.8 Å². The molecule has 0 aliphatic carbocycles. The molecule has 104 valence electrons. The molecule has 1 unspecified atom stereocenters. The summed E-state index contributed by atoms with van der Waals surface area (Å²) in [4.78, 5) is 15.7. The number of carbonyl (C=O) groups excluding carboxylic acids is 1. The lowest BCUT2D eigenvalue weighted by Gasteiger charge is -2.22.